The lowest BCUT2D eigenvalue weighted by Gasteiger charge is -2.26. The van der Waals surface area contributed by atoms with Crippen LogP contribution in [0, 0.1) is 0 Å². The number of carbonyl (C=O) groups is 4. The fourth-order valence-corrected chi connectivity index (χ4v) is 3.64. The molecule has 1 saturated heterocycles. The van der Waals surface area contributed by atoms with Gasteiger partial charge in [-0.1, -0.05) is 0 Å². The second kappa shape index (κ2) is 6.92. The Bertz CT molecular complexity index is 990. The van der Waals surface area contributed by atoms with Crippen molar-refractivity contribution in [1.29, 1.82) is 0 Å². The number of carboxylic acid groups (broad SMARTS) is 1. The van der Waals surface area contributed by atoms with E-state index in [2.05, 4.69) is 0 Å². The third-order valence-electron chi connectivity index (χ3n) is 5.15. The molecule has 2 aromatic rings. The minimum Gasteiger partial charge on any atom is -0.478 e. The average Bonchev–Trinajstić information content (AvgIpc) is 2.98. The van der Waals surface area contributed by atoms with Gasteiger partial charge in [0.15, 0.2) is 0 Å². The number of likely N-dealkylation sites (tertiary alicyclic amines) is 1. The molecule has 0 unspecified atom stereocenters. The van der Waals surface area contributed by atoms with E-state index in [0.717, 1.165) is 37.3 Å². The van der Waals surface area contributed by atoms with Gasteiger partial charge in [-0.05, 0) is 61.7 Å². The van der Waals surface area contributed by atoms with E-state index in [1.54, 1.807) is 24.3 Å². The zero-order valence-electron chi connectivity index (χ0n) is 15.1. The van der Waals surface area contributed by atoms with Crippen molar-refractivity contribution in [2.24, 2.45) is 0 Å². The number of rotatable bonds is 3. The Morgan fingerprint density at radius 2 is 1.39 bits per heavy atom. The molecule has 2 aromatic carbocycles. The summed E-state index contributed by atoms with van der Waals surface area (Å²) in [5.74, 6) is -2.30. The van der Waals surface area contributed by atoms with Gasteiger partial charge in [0.1, 0.15) is 0 Å². The van der Waals surface area contributed by atoms with Crippen molar-refractivity contribution < 1.29 is 24.3 Å². The van der Waals surface area contributed by atoms with E-state index in [9.17, 15) is 19.2 Å². The molecule has 0 aromatic heterocycles. The quantitative estimate of drug-likeness (QED) is 0.829. The first-order chi connectivity index (χ1) is 13.5. The Balaban J connectivity index is 1.59. The SMILES string of the molecule is O=C(O)c1ccc2c(c1)C(=O)N(c1ccc(C(=O)N3CCCCC3)cc1)C2=O. The van der Waals surface area contributed by atoms with Crippen LogP contribution in [0.2, 0.25) is 0 Å². The van der Waals surface area contributed by atoms with E-state index < -0.39 is 17.8 Å². The summed E-state index contributed by atoms with van der Waals surface area (Å²) in [6.07, 6.45) is 3.13. The zero-order chi connectivity index (χ0) is 19.8. The summed E-state index contributed by atoms with van der Waals surface area (Å²) in [4.78, 5) is 51.8. The Kier molecular flexibility index (Phi) is 4.43. The lowest BCUT2D eigenvalue weighted by Crippen LogP contribution is -2.35. The number of hydrogen-bond donors (Lipinski definition) is 1. The van der Waals surface area contributed by atoms with Gasteiger partial charge in [-0.3, -0.25) is 14.4 Å². The first-order valence-electron chi connectivity index (χ1n) is 9.13. The number of carbonyl (C=O) groups excluding carboxylic acids is 3. The van der Waals surface area contributed by atoms with Crippen LogP contribution in [-0.4, -0.2) is 46.8 Å². The van der Waals surface area contributed by atoms with E-state index in [1.807, 2.05) is 4.90 Å². The van der Waals surface area contributed by atoms with Crippen molar-refractivity contribution in [3.05, 3.63) is 64.7 Å². The van der Waals surface area contributed by atoms with Crippen LogP contribution in [0.1, 0.15) is 60.7 Å². The molecule has 1 fully saturated rings. The average molecular weight is 378 g/mol. The molecule has 7 heteroatoms. The van der Waals surface area contributed by atoms with Gasteiger partial charge in [-0.15, -0.1) is 0 Å². The summed E-state index contributed by atoms with van der Waals surface area (Å²) in [6.45, 7) is 1.48. The molecular formula is C21H18N2O5. The second-order valence-electron chi connectivity index (χ2n) is 6.91. The van der Waals surface area contributed by atoms with Gasteiger partial charge < -0.3 is 10.0 Å². The van der Waals surface area contributed by atoms with Crippen molar-refractivity contribution >= 4 is 29.4 Å². The number of carboxylic acids is 1. The fourth-order valence-electron chi connectivity index (χ4n) is 3.64. The molecule has 0 spiro atoms. The maximum absolute atomic E-state index is 12.7. The van der Waals surface area contributed by atoms with Gasteiger partial charge in [0.05, 0.1) is 22.4 Å². The highest BCUT2D eigenvalue weighted by Crippen LogP contribution is 2.29. The molecule has 0 bridgehead atoms. The third kappa shape index (κ3) is 2.94. The van der Waals surface area contributed by atoms with Crippen molar-refractivity contribution in [2.45, 2.75) is 19.3 Å². The van der Waals surface area contributed by atoms with Gasteiger partial charge in [0.25, 0.3) is 17.7 Å². The van der Waals surface area contributed by atoms with Crippen LogP contribution in [0.5, 0.6) is 0 Å². The van der Waals surface area contributed by atoms with E-state index in [4.69, 9.17) is 5.11 Å². The molecule has 142 valence electrons. The van der Waals surface area contributed by atoms with E-state index in [-0.39, 0.29) is 22.6 Å². The minimum absolute atomic E-state index is 0.0516. The summed E-state index contributed by atoms with van der Waals surface area (Å²) in [7, 11) is 0. The Morgan fingerprint density at radius 3 is 2.04 bits per heavy atom. The number of imide groups is 1. The molecule has 0 aliphatic carbocycles. The maximum Gasteiger partial charge on any atom is 0.335 e. The molecule has 1 N–H and O–H groups in total. The first-order valence-corrected chi connectivity index (χ1v) is 9.13. The van der Waals surface area contributed by atoms with Gasteiger partial charge in [0.2, 0.25) is 0 Å². The lowest BCUT2D eigenvalue weighted by atomic mass is 10.1. The number of amides is 3. The number of nitrogens with zero attached hydrogens (tertiary/aromatic N) is 2. The van der Waals surface area contributed by atoms with Crippen LogP contribution in [0.15, 0.2) is 42.5 Å². The van der Waals surface area contributed by atoms with E-state index in [1.165, 1.54) is 18.2 Å². The molecule has 4 rings (SSSR count). The Hall–Kier alpha value is -3.48. The number of anilines is 1. The number of piperidine rings is 1. The summed E-state index contributed by atoms with van der Waals surface area (Å²) < 4.78 is 0. The van der Waals surface area contributed by atoms with Crippen LogP contribution in [0.25, 0.3) is 0 Å². The minimum atomic E-state index is -1.16. The van der Waals surface area contributed by atoms with Crippen molar-refractivity contribution in [3.63, 3.8) is 0 Å². The zero-order valence-corrected chi connectivity index (χ0v) is 15.1. The fraction of sp³-hybridized carbons (Fsp3) is 0.238. The summed E-state index contributed by atoms with van der Waals surface area (Å²) in [5, 5.41) is 9.10. The highest BCUT2D eigenvalue weighted by Gasteiger charge is 2.37. The number of benzene rings is 2. The van der Waals surface area contributed by atoms with E-state index in [0.29, 0.717) is 11.3 Å². The lowest BCUT2D eigenvalue weighted by molar-refractivity contribution is 0.0694. The molecule has 7 nitrogen and oxygen atoms in total. The predicted octanol–water partition coefficient (Wildman–Crippen LogP) is 2.81. The first kappa shape index (κ1) is 17.9. The monoisotopic (exact) mass is 378 g/mol. The topological polar surface area (TPSA) is 95.0 Å². The standard InChI is InChI=1S/C21H18N2O5/c24-18(22-10-2-1-3-11-22)13-4-7-15(8-5-13)23-19(25)16-9-6-14(21(27)28)12-17(16)20(23)26/h4-9,12H,1-3,10-11H2,(H,27,28). The number of aromatic carboxylic acids is 1. The van der Waals surface area contributed by atoms with Crippen LogP contribution in [0.3, 0.4) is 0 Å². The van der Waals surface area contributed by atoms with Crippen LogP contribution in [-0.2, 0) is 0 Å². The summed E-state index contributed by atoms with van der Waals surface area (Å²) in [6, 6.07) is 10.2. The van der Waals surface area contributed by atoms with Crippen molar-refractivity contribution in [2.75, 3.05) is 18.0 Å². The molecule has 2 aliphatic rings. The molecule has 28 heavy (non-hydrogen) atoms. The van der Waals surface area contributed by atoms with Crippen molar-refractivity contribution in [1.82, 2.24) is 4.90 Å². The number of hydrogen-bond acceptors (Lipinski definition) is 4. The molecule has 0 radical (unpaired) electrons. The van der Waals surface area contributed by atoms with Gasteiger partial charge in [-0.25, -0.2) is 9.69 Å². The smallest absolute Gasteiger partial charge is 0.335 e. The third-order valence-corrected chi connectivity index (χ3v) is 5.15. The Labute approximate surface area is 161 Å². The molecule has 0 saturated carbocycles. The van der Waals surface area contributed by atoms with Crippen LogP contribution >= 0.6 is 0 Å². The maximum atomic E-state index is 12.7. The van der Waals surface area contributed by atoms with Crippen molar-refractivity contribution in [3.8, 4) is 0 Å². The largest absolute Gasteiger partial charge is 0.478 e. The molecule has 0 atom stereocenters. The number of fused-ring (bicyclic) bond motifs is 1. The van der Waals surface area contributed by atoms with Crippen LogP contribution in [0.4, 0.5) is 5.69 Å². The summed E-state index contributed by atoms with van der Waals surface area (Å²) >= 11 is 0. The molecule has 2 aliphatic heterocycles. The highest BCUT2D eigenvalue weighted by atomic mass is 16.4. The second-order valence-corrected chi connectivity index (χ2v) is 6.91. The molecular weight excluding hydrogens is 360 g/mol. The predicted molar refractivity (Wildman–Crippen MR) is 101 cm³/mol. The summed E-state index contributed by atoms with van der Waals surface area (Å²) in [5.41, 5.74) is 1.04. The van der Waals surface area contributed by atoms with Gasteiger partial charge in [0, 0.05) is 18.7 Å². The van der Waals surface area contributed by atoms with Gasteiger partial charge in [-0.2, -0.15) is 0 Å². The molecule has 2 heterocycles. The van der Waals surface area contributed by atoms with Crippen LogP contribution < -0.4 is 4.90 Å². The highest BCUT2D eigenvalue weighted by molar-refractivity contribution is 6.34. The Morgan fingerprint density at radius 1 is 0.786 bits per heavy atom. The van der Waals surface area contributed by atoms with E-state index >= 15 is 0 Å². The normalized spacial score (nSPS) is 16.3. The molecule has 3 amide bonds. The van der Waals surface area contributed by atoms with Gasteiger partial charge >= 0.3 is 5.97 Å².